The highest BCUT2D eigenvalue weighted by molar-refractivity contribution is 8.00. The fourth-order valence-electron chi connectivity index (χ4n) is 3.46. The maximum absolute atomic E-state index is 12.8. The van der Waals surface area contributed by atoms with Crippen molar-refractivity contribution in [2.45, 2.75) is 37.1 Å². The predicted octanol–water partition coefficient (Wildman–Crippen LogP) is 4.95. The number of carbonyl (C=O) groups is 1. The highest BCUT2D eigenvalue weighted by Gasteiger charge is 2.25. The second-order valence-corrected chi connectivity index (χ2v) is 9.10. The molecule has 0 saturated carbocycles. The lowest BCUT2D eigenvalue weighted by Gasteiger charge is -2.19. The van der Waals surface area contributed by atoms with Gasteiger partial charge in [0.25, 0.3) is 0 Å². The SMILES string of the molecule is Cc1ccccc1NC(=O)C(C)Sc1nnc(N2CCCC2)n1-c1cccc(Cl)c1. The Hall–Kier alpha value is -2.51. The number of hydrogen-bond acceptors (Lipinski definition) is 5. The number of amides is 1. The van der Waals surface area contributed by atoms with Crippen LogP contribution in [-0.4, -0.2) is 39.0 Å². The molecule has 2 heterocycles. The van der Waals surface area contributed by atoms with E-state index in [0.717, 1.165) is 48.8 Å². The molecule has 1 aliphatic heterocycles. The Morgan fingerprint density at radius 1 is 1.13 bits per heavy atom. The minimum atomic E-state index is -0.349. The van der Waals surface area contributed by atoms with Gasteiger partial charge in [-0.2, -0.15) is 0 Å². The van der Waals surface area contributed by atoms with E-state index in [-0.39, 0.29) is 11.2 Å². The number of benzene rings is 2. The van der Waals surface area contributed by atoms with Gasteiger partial charge < -0.3 is 10.2 Å². The van der Waals surface area contributed by atoms with E-state index in [2.05, 4.69) is 20.4 Å². The monoisotopic (exact) mass is 441 g/mol. The molecule has 3 aromatic rings. The number of aryl methyl sites for hydroxylation is 1. The number of aromatic nitrogens is 3. The number of halogens is 1. The van der Waals surface area contributed by atoms with Crippen LogP contribution < -0.4 is 10.2 Å². The molecule has 1 fully saturated rings. The third kappa shape index (κ3) is 4.47. The molecule has 1 amide bonds. The molecule has 8 heteroatoms. The predicted molar refractivity (Wildman–Crippen MR) is 123 cm³/mol. The molecule has 30 heavy (non-hydrogen) atoms. The average Bonchev–Trinajstić information content (AvgIpc) is 3.39. The van der Waals surface area contributed by atoms with Crippen LogP contribution in [0.4, 0.5) is 11.6 Å². The van der Waals surface area contributed by atoms with Gasteiger partial charge in [0.2, 0.25) is 11.9 Å². The lowest BCUT2D eigenvalue weighted by Crippen LogP contribution is -2.24. The van der Waals surface area contributed by atoms with Crippen LogP contribution in [0.25, 0.3) is 5.69 Å². The van der Waals surface area contributed by atoms with Crippen LogP contribution in [-0.2, 0) is 4.79 Å². The smallest absolute Gasteiger partial charge is 0.237 e. The van der Waals surface area contributed by atoms with Gasteiger partial charge in [-0.05, 0) is 56.5 Å². The summed E-state index contributed by atoms with van der Waals surface area (Å²) < 4.78 is 2.00. The quantitative estimate of drug-likeness (QED) is 0.548. The molecule has 1 aromatic heterocycles. The maximum atomic E-state index is 12.8. The van der Waals surface area contributed by atoms with Crippen molar-refractivity contribution in [1.29, 1.82) is 0 Å². The van der Waals surface area contributed by atoms with Gasteiger partial charge in [0.15, 0.2) is 5.16 Å². The van der Waals surface area contributed by atoms with Crippen molar-refractivity contribution in [3.63, 3.8) is 0 Å². The van der Waals surface area contributed by atoms with Gasteiger partial charge in [-0.15, -0.1) is 10.2 Å². The Kier molecular flexibility index (Phi) is 6.29. The Labute approximate surface area is 185 Å². The molecule has 2 aromatic carbocycles. The lowest BCUT2D eigenvalue weighted by molar-refractivity contribution is -0.115. The molecule has 6 nitrogen and oxygen atoms in total. The van der Waals surface area contributed by atoms with Crippen LogP contribution in [0.5, 0.6) is 0 Å². The van der Waals surface area contributed by atoms with Gasteiger partial charge in [0, 0.05) is 23.8 Å². The first-order chi connectivity index (χ1) is 14.5. The summed E-state index contributed by atoms with van der Waals surface area (Å²) in [7, 11) is 0. The first kappa shape index (κ1) is 20.8. The molecule has 1 atom stereocenters. The number of anilines is 2. The van der Waals surface area contributed by atoms with E-state index in [1.165, 1.54) is 11.8 Å². The Balaban J connectivity index is 1.60. The summed E-state index contributed by atoms with van der Waals surface area (Å²) in [5.74, 6) is 0.724. The molecular formula is C22H24ClN5OS. The van der Waals surface area contributed by atoms with Crippen molar-refractivity contribution < 1.29 is 4.79 Å². The van der Waals surface area contributed by atoms with Gasteiger partial charge >= 0.3 is 0 Å². The normalized spacial score (nSPS) is 14.7. The molecule has 4 rings (SSSR count). The van der Waals surface area contributed by atoms with E-state index in [1.807, 2.05) is 66.9 Å². The molecule has 1 saturated heterocycles. The molecular weight excluding hydrogens is 418 g/mol. The molecule has 0 aliphatic carbocycles. The van der Waals surface area contributed by atoms with Gasteiger partial charge in [-0.25, -0.2) is 0 Å². The number of para-hydroxylation sites is 1. The van der Waals surface area contributed by atoms with Crippen LogP contribution in [0.2, 0.25) is 5.02 Å². The summed E-state index contributed by atoms with van der Waals surface area (Å²) >= 11 is 7.64. The van der Waals surface area contributed by atoms with Crippen LogP contribution in [0.15, 0.2) is 53.7 Å². The van der Waals surface area contributed by atoms with E-state index < -0.39 is 0 Å². The second kappa shape index (κ2) is 9.10. The summed E-state index contributed by atoms with van der Waals surface area (Å²) in [4.78, 5) is 15.0. The zero-order chi connectivity index (χ0) is 21.1. The number of rotatable bonds is 6. The van der Waals surface area contributed by atoms with Crippen molar-refractivity contribution in [1.82, 2.24) is 14.8 Å². The first-order valence-corrected chi connectivity index (χ1v) is 11.3. The molecule has 1 N–H and O–H groups in total. The van der Waals surface area contributed by atoms with E-state index in [9.17, 15) is 4.79 Å². The molecule has 156 valence electrons. The number of thioether (sulfide) groups is 1. The minimum absolute atomic E-state index is 0.0716. The Bertz CT molecular complexity index is 1050. The van der Waals surface area contributed by atoms with E-state index >= 15 is 0 Å². The summed E-state index contributed by atoms with van der Waals surface area (Å²) in [6, 6.07) is 15.4. The van der Waals surface area contributed by atoms with Crippen molar-refractivity contribution in [3.8, 4) is 5.69 Å². The fraction of sp³-hybridized carbons (Fsp3) is 0.318. The van der Waals surface area contributed by atoms with Crippen LogP contribution in [0.1, 0.15) is 25.3 Å². The van der Waals surface area contributed by atoms with E-state index in [1.54, 1.807) is 0 Å². The summed E-state index contributed by atoms with van der Waals surface area (Å²) in [6.07, 6.45) is 2.28. The highest BCUT2D eigenvalue weighted by atomic mass is 35.5. The lowest BCUT2D eigenvalue weighted by atomic mass is 10.2. The zero-order valence-corrected chi connectivity index (χ0v) is 18.6. The second-order valence-electron chi connectivity index (χ2n) is 7.36. The third-order valence-electron chi connectivity index (χ3n) is 5.13. The standard InChI is InChI=1S/C22H24ClN5OS/c1-15-8-3-4-11-19(15)24-20(29)16(2)30-22-26-25-21(27-12-5-6-13-27)28(22)18-10-7-9-17(23)14-18/h3-4,7-11,14,16H,5-6,12-13H2,1-2H3,(H,24,29). The van der Waals surface area contributed by atoms with Crippen LogP contribution >= 0.6 is 23.4 Å². The minimum Gasteiger partial charge on any atom is -0.341 e. The van der Waals surface area contributed by atoms with Crippen molar-refractivity contribution in [3.05, 3.63) is 59.1 Å². The Morgan fingerprint density at radius 2 is 1.90 bits per heavy atom. The third-order valence-corrected chi connectivity index (χ3v) is 6.40. The molecule has 1 unspecified atom stereocenters. The number of carbonyl (C=O) groups excluding carboxylic acids is 1. The number of nitrogens with zero attached hydrogens (tertiary/aromatic N) is 4. The van der Waals surface area contributed by atoms with Crippen molar-refractivity contribution >= 4 is 40.9 Å². The highest BCUT2D eigenvalue weighted by Crippen LogP contribution is 2.32. The van der Waals surface area contributed by atoms with Gasteiger partial charge in [0.1, 0.15) is 0 Å². The number of hydrogen-bond donors (Lipinski definition) is 1. The number of nitrogens with one attached hydrogen (secondary N) is 1. The molecule has 0 bridgehead atoms. The van der Waals surface area contributed by atoms with Gasteiger partial charge in [-0.3, -0.25) is 9.36 Å². The van der Waals surface area contributed by atoms with E-state index in [0.29, 0.717) is 10.2 Å². The fourth-order valence-corrected chi connectivity index (χ4v) is 4.51. The average molecular weight is 442 g/mol. The summed E-state index contributed by atoms with van der Waals surface area (Å²) in [6.45, 7) is 5.76. The largest absolute Gasteiger partial charge is 0.341 e. The Morgan fingerprint density at radius 3 is 2.63 bits per heavy atom. The molecule has 0 radical (unpaired) electrons. The molecule has 1 aliphatic rings. The summed E-state index contributed by atoms with van der Waals surface area (Å²) in [5.41, 5.74) is 2.74. The van der Waals surface area contributed by atoms with Gasteiger partial charge in [-0.1, -0.05) is 47.6 Å². The van der Waals surface area contributed by atoms with Crippen LogP contribution in [0, 0.1) is 6.92 Å². The maximum Gasteiger partial charge on any atom is 0.237 e. The topological polar surface area (TPSA) is 63.1 Å². The molecule has 0 spiro atoms. The van der Waals surface area contributed by atoms with Crippen molar-refractivity contribution in [2.24, 2.45) is 0 Å². The summed E-state index contributed by atoms with van der Waals surface area (Å²) in [5, 5.41) is 12.9. The first-order valence-electron chi connectivity index (χ1n) is 10.0. The van der Waals surface area contributed by atoms with Crippen molar-refractivity contribution in [2.75, 3.05) is 23.3 Å². The zero-order valence-electron chi connectivity index (χ0n) is 17.0. The van der Waals surface area contributed by atoms with Crippen LogP contribution in [0.3, 0.4) is 0 Å². The van der Waals surface area contributed by atoms with E-state index in [4.69, 9.17) is 11.6 Å². The van der Waals surface area contributed by atoms with Gasteiger partial charge in [0.05, 0.1) is 10.9 Å².